The Morgan fingerprint density at radius 1 is 1.03 bits per heavy atom. The van der Waals surface area contributed by atoms with Crippen molar-refractivity contribution >= 4 is 12.0 Å². The third-order valence-corrected chi connectivity index (χ3v) is 6.93. The number of nitrogens with zero attached hydrogens (tertiary/aromatic N) is 3. The first-order chi connectivity index (χ1) is 14.8. The van der Waals surface area contributed by atoms with Crippen molar-refractivity contribution < 1.29 is 14.3 Å². The van der Waals surface area contributed by atoms with Gasteiger partial charge in [-0.25, -0.2) is 4.79 Å². The molecule has 4 rings (SSSR count). The van der Waals surface area contributed by atoms with Crippen molar-refractivity contribution in [3.8, 4) is 0 Å². The molecular weight excluding hydrogens is 390 g/mol. The summed E-state index contributed by atoms with van der Waals surface area (Å²) in [5.41, 5.74) is 3.02. The lowest BCUT2D eigenvalue weighted by atomic mass is 9.92. The Labute approximate surface area is 186 Å². The van der Waals surface area contributed by atoms with E-state index in [9.17, 15) is 9.59 Å². The minimum Gasteiger partial charge on any atom is -0.444 e. The maximum Gasteiger partial charge on any atom is 0.410 e. The predicted molar refractivity (Wildman–Crippen MR) is 120 cm³/mol. The topological polar surface area (TPSA) is 62.7 Å². The summed E-state index contributed by atoms with van der Waals surface area (Å²) in [7, 11) is 0. The van der Waals surface area contributed by atoms with Gasteiger partial charge in [0.2, 0.25) is 5.91 Å². The summed E-state index contributed by atoms with van der Waals surface area (Å²) in [6, 6.07) is 4.31. The van der Waals surface area contributed by atoms with Gasteiger partial charge in [-0.05, 0) is 64.0 Å². The highest BCUT2D eigenvalue weighted by molar-refractivity contribution is 5.76. The van der Waals surface area contributed by atoms with Crippen molar-refractivity contribution in [2.24, 2.45) is 5.92 Å². The molecule has 0 bridgehead atoms. The van der Waals surface area contributed by atoms with Crippen molar-refractivity contribution in [3.05, 3.63) is 29.1 Å². The standard InChI is InChI=1S/C25H37N3O3/c1-25(2,3)31-24(30)27-13-10-19(11-14-27)21-9-8-20-17-28(15-12-22(20)26-21)23(29)16-18-6-4-5-7-18/h8-9,18-19H,4-7,10-17H2,1-3H3. The maximum absolute atomic E-state index is 12.7. The van der Waals surface area contributed by atoms with Gasteiger partial charge < -0.3 is 14.5 Å². The molecule has 2 amide bonds. The van der Waals surface area contributed by atoms with E-state index in [-0.39, 0.29) is 6.09 Å². The normalized spacial score (nSPS) is 20.6. The average molecular weight is 428 g/mol. The van der Waals surface area contributed by atoms with Crippen LogP contribution in [-0.4, -0.2) is 52.0 Å². The van der Waals surface area contributed by atoms with Gasteiger partial charge in [0.05, 0.1) is 0 Å². The van der Waals surface area contributed by atoms with Gasteiger partial charge >= 0.3 is 6.09 Å². The molecule has 0 spiro atoms. The second kappa shape index (κ2) is 9.17. The van der Waals surface area contributed by atoms with Gasteiger partial charge in [-0.3, -0.25) is 9.78 Å². The first kappa shape index (κ1) is 22.1. The number of rotatable bonds is 3. The van der Waals surface area contributed by atoms with E-state index in [1.165, 1.54) is 31.2 Å². The van der Waals surface area contributed by atoms with Crippen molar-refractivity contribution in [1.82, 2.24) is 14.8 Å². The maximum atomic E-state index is 12.7. The molecule has 3 aliphatic rings. The largest absolute Gasteiger partial charge is 0.444 e. The van der Waals surface area contributed by atoms with Crippen LogP contribution in [0.5, 0.6) is 0 Å². The monoisotopic (exact) mass is 427 g/mol. The van der Waals surface area contributed by atoms with E-state index in [4.69, 9.17) is 9.72 Å². The Kier molecular flexibility index (Phi) is 6.54. The van der Waals surface area contributed by atoms with Crippen LogP contribution in [0.3, 0.4) is 0 Å². The Hall–Kier alpha value is -2.11. The summed E-state index contributed by atoms with van der Waals surface area (Å²) in [5.74, 6) is 1.29. The van der Waals surface area contributed by atoms with E-state index in [1.807, 2.05) is 30.6 Å². The van der Waals surface area contributed by atoms with Crippen molar-refractivity contribution in [2.45, 2.75) is 90.2 Å². The molecule has 0 N–H and O–H groups in total. The second-order valence-corrected chi connectivity index (χ2v) is 10.5. The Bertz CT molecular complexity index is 803. The molecule has 0 unspecified atom stereocenters. The van der Waals surface area contributed by atoms with Gasteiger partial charge in [0.15, 0.2) is 0 Å². The lowest BCUT2D eigenvalue weighted by Crippen LogP contribution is -2.41. The number of piperidine rings is 1. The SMILES string of the molecule is CC(C)(C)OC(=O)N1CCC(c2ccc3c(n2)CCN(C(=O)CC2CCCC2)C3)CC1. The van der Waals surface area contributed by atoms with Crippen LogP contribution >= 0.6 is 0 Å². The molecule has 1 aliphatic carbocycles. The smallest absolute Gasteiger partial charge is 0.410 e. The number of ether oxygens (including phenoxy) is 1. The zero-order valence-electron chi connectivity index (χ0n) is 19.4. The summed E-state index contributed by atoms with van der Waals surface area (Å²) >= 11 is 0. The van der Waals surface area contributed by atoms with Crippen LogP contribution in [0.1, 0.15) is 88.6 Å². The quantitative estimate of drug-likeness (QED) is 0.704. The van der Waals surface area contributed by atoms with Gasteiger partial charge in [-0.1, -0.05) is 18.9 Å². The van der Waals surface area contributed by atoms with E-state index in [2.05, 4.69) is 12.1 Å². The highest BCUT2D eigenvalue weighted by Crippen LogP contribution is 2.31. The number of likely N-dealkylation sites (tertiary alicyclic amines) is 1. The van der Waals surface area contributed by atoms with Crippen LogP contribution in [0.2, 0.25) is 0 Å². The van der Waals surface area contributed by atoms with Gasteiger partial charge in [0, 0.05) is 56.3 Å². The molecule has 3 heterocycles. The molecule has 170 valence electrons. The molecule has 6 nitrogen and oxygen atoms in total. The van der Waals surface area contributed by atoms with E-state index in [0.717, 1.165) is 43.6 Å². The Balaban J connectivity index is 1.31. The fourth-order valence-corrected chi connectivity index (χ4v) is 5.15. The molecule has 31 heavy (non-hydrogen) atoms. The molecule has 1 saturated carbocycles. The molecule has 6 heteroatoms. The lowest BCUT2D eigenvalue weighted by molar-refractivity contribution is -0.133. The highest BCUT2D eigenvalue weighted by atomic mass is 16.6. The lowest BCUT2D eigenvalue weighted by Gasteiger charge is -2.34. The number of pyridine rings is 1. The zero-order chi connectivity index (χ0) is 22.0. The average Bonchev–Trinajstić information content (AvgIpc) is 3.25. The number of amides is 2. The van der Waals surface area contributed by atoms with Gasteiger partial charge in [-0.2, -0.15) is 0 Å². The number of hydrogen-bond acceptors (Lipinski definition) is 4. The van der Waals surface area contributed by atoms with E-state index in [1.54, 1.807) is 0 Å². The Morgan fingerprint density at radius 2 is 1.74 bits per heavy atom. The van der Waals surface area contributed by atoms with Gasteiger partial charge in [0.1, 0.15) is 5.60 Å². The number of carbonyl (C=O) groups is 2. The van der Waals surface area contributed by atoms with Crippen LogP contribution in [0, 0.1) is 5.92 Å². The molecule has 1 saturated heterocycles. The van der Waals surface area contributed by atoms with Crippen LogP contribution < -0.4 is 0 Å². The fraction of sp³-hybridized carbons (Fsp3) is 0.720. The summed E-state index contributed by atoms with van der Waals surface area (Å²) < 4.78 is 5.50. The number of aromatic nitrogens is 1. The highest BCUT2D eigenvalue weighted by Gasteiger charge is 2.29. The van der Waals surface area contributed by atoms with Crippen LogP contribution in [0.15, 0.2) is 12.1 Å². The van der Waals surface area contributed by atoms with E-state index in [0.29, 0.717) is 37.4 Å². The van der Waals surface area contributed by atoms with E-state index >= 15 is 0 Å². The molecule has 1 aromatic rings. The van der Waals surface area contributed by atoms with Crippen molar-refractivity contribution in [1.29, 1.82) is 0 Å². The first-order valence-electron chi connectivity index (χ1n) is 12.0. The Morgan fingerprint density at radius 3 is 2.42 bits per heavy atom. The molecule has 2 fully saturated rings. The molecular formula is C25H37N3O3. The minimum atomic E-state index is -0.458. The van der Waals surface area contributed by atoms with E-state index < -0.39 is 5.60 Å². The first-order valence-corrected chi connectivity index (χ1v) is 12.0. The third kappa shape index (κ3) is 5.58. The van der Waals surface area contributed by atoms with Crippen LogP contribution in [0.25, 0.3) is 0 Å². The summed E-state index contributed by atoms with van der Waals surface area (Å²) in [4.78, 5) is 33.8. The van der Waals surface area contributed by atoms with Gasteiger partial charge in [0.25, 0.3) is 0 Å². The number of fused-ring (bicyclic) bond motifs is 1. The van der Waals surface area contributed by atoms with Crippen LogP contribution in [-0.2, 0) is 22.5 Å². The number of hydrogen-bond donors (Lipinski definition) is 0. The second-order valence-electron chi connectivity index (χ2n) is 10.5. The zero-order valence-corrected chi connectivity index (χ0v) is 19.4. The summed E-state index contributed by atoms with van der Waals surface area (Å²) in [6.07, 6.45) is 8.17. The van der Waals surface area contributed by atoms with Crippen LogP contribution in [0.4, 0.5) is 4.79 Å². The van der Waals surface area contributed by atoms with Crippen molar-refractivity contribution in [3.63, 3.8) is 0 Å². The molecule has 0 atom stereocenters. The molecule has 0 radical (unpaired) electrons. The molecule has 0 aromatic carbocycles. The fourth-order valence-electron chi connectivity index (χ4n) is 5.15. The summed E-state index contributed by atoms with van der Waals surface area (Å²) in [6.45, 7) is 8.61. The minimum absolute atomic E-state index is 0.216. The molecule has 2 aliphatic heterocycles. The predicted octanol–water partition coefficient (Wildman–Crippen LogP) is 4.66. The van der Waals surface area contributed by atoms with Crippen molar-refractivity contribution in [2.75, 3.05) is 19.6 Å². The van der Waals surface area contributed by atoms with Gasteiger partial charge in [-0.15, -0.1) is 0 Å². The third-order valence-electron chi connectivity index (χ3n) is 6.93. The number of carbonyl (C=O) groups excluding carboxylic acids is 2. The molecule has 1 aromatic heterocycles. The summed E-state index contributed by atoms with van der Waals surface area (Å²) in [5, 5.41) is 0.